The van der Waals surface area contributed by atoms with Crippen molar-refractivity contribution in [3.63, 3.8) is 0 Å². The van der Waals surface area contributed by atoms with Gasteiger partial charge in [0.1, 0.15) is 11.6 Å². The molecule has 14 heteroatoms. The lowest BCUT2D eigenvalue weighted by Crippen LogP contribution is -2.29. The summed E-state index contributed by atoms with van der Waals surface area (Å²) in [5.41, 5.74) is 10.9. The van der Waals surface area contributed by atoms with Gasteiger partial charge >= 0.3 is 6.36 Å². The number of fused-ring (bicyclic) bond motifs is 1. The van der Waals surface area contributed by atoms with Crippen LogP contribution in [0.3, 0.4) is 0 Å². The van der Waals surface area contributed by atoms with Gasteiger partial charge in [-0.25, -0.2) is 4.98 Å². The maximum atomic E-state index is 12.7. The molecule has 1 unspecified atom stereocenters. The van der Waals surface area contributed by atoms with Gasteiger partial charge in [-0.15, -0.1) is 13.2 Å². The van der Waals surface area contributed by atoms with Crippen LogP contribution < -0.4 is 20.7 Å². The normalized spacial score (nSPS) is 12.3. The first-order chi connectivity index (χ1) is 23.4. The number of hydrogen-bond acceptors (Lipinski definition) is 7. The summed E-state index contributed by atoms with van der Waals surface area (Å²) in [4.78, 5) is 18.9. The third-order valence-electron chi connectivity index (χ3n) is 7.84. The molecule has 5 N–H and O–H groups in total. The Balaban J connectivity index is 1.51. The maximum absolute atomic E-state index is 12.7. The number of benzene rings is 4. The summed E-state index contributed by atoms with van der Waals surface area (Å²) in [5, 5.41) is 23.2. The number of nitrogens with zero attached hydrogens (tertiary/aromatic N) is 3. The van der Waals surface area contributed by atoms with Gasteiger partial charge in [0.2, 0.25) is 5.91 Å². The summed E-state index contributed by atoms with van der Waals surface area (Å²) in [7, 11) is 0. The molecular weight excluding hydrogens is 682 g/mol. The lowest BCUT2D eigenvalue weighted by Gasteiger charge is -2.23. The van der Waals surface area contributed by atoms with Crippen LogP contribution in [0.15, 0.2) is 84.9 Å². The monoisotopic (exact) mass is 715 g/mol. The summed E-state index contributed by atoms with van der Waals surface area (Å²) < 4.78 is 44.2. The van der Waals surface area contributed by atoms with Gasteiger partial charge in [-0.1, -0.05) is 47.5 Å². The first-order valence-corrected chi connectivity index (χ1v) is 16.1. The molecule has 0 radical (unpaired) electrons. The summed E-state index contributed by atoms with van der Waals surface area (Å²) >= 11 is 12.2. The first-order valence-electron chi connectivity index (χ1n) is 15.3. The van der Waals surface area contributed by atoms with Gasteiger partial charge in [0.25, 0.3) is 0 Å². The molecule has 0 bridgehead atoms. The van der Waals surface area contributed by atoms with Crippen LogP contribution in [-0.2, 0) is 17.9 Å². The van der Waals surface area contributed by atoms with Crippen LogP contribution in [-0.4, -0.2) is 58.3 Å². The molecule has 0 fully saturated rings. The first kappa shape index (κ1) is 36.0. The number of aliphatic hydroxyl groups excluding tert-OH is 2. The fraction of sp³-hybridized carbons (Fsp3) is 0.257. The Bertz CT molecular complexity index is 1880. The number of halogens is 5. The molecule has 5 aromatic rings. The van der Waals surface area contributed by atoms with Crippen molar-refractivity contribution < 1.29 is 32.9 Å². The van der Waals surface area contributed by atoms with E-state index in [9.17, 15) is 28.2 Å². The number of nitrogens with one attached hydrogen (secondary N) is 1. The zero-order chi connectivity index (χ0) is 35.1. The highest BCUT2D eigenvalue weighted by Gasteiger charge is 2.31. The number of anilines is 1. The Kier molecular flexibility index (Phi) is 11.7. The molecule has 0 saturated heterocycles. The largest absolute Gasteiger partial charge is 0.573 e. The number of carbonyl (C=O) groups excluding carboxylic acids is 1. The topological polar surface area (TPSA) is 126 Å². The molecule has 258 valence electrons. The minimum Gasteiger partial charge on any atom is -0.406 e. The third kappa shape index (κ3) is 9.43. The van der Waals surface area contributed by atoms with Crippen LogP contribution in [0.5, 0.6) is 5.75 Å². The quantitative estimate of drug-likeness (QED) is 0.0981. The summed E-state index contributed by atoms with van der Waals surface area (Å²) in [6.45, 7) is 1.20. The van der Waals surface area contributed by atoms with Crippen molar-refractivity contribution in [1.29, 1.82) is 0 Å². The second kappa shape index (κ2) is 15.9. The molecule has 1 amide bonds. The molecule has 49 heavy (non-hydrogen) atoms. The van der Waals surface area contributed by atoms with Crippen molar-refractivity contribution in [2.75, 3.05) is 31.2 Å². The zero-order valence-corrected chi connectivity index (χ0v) is 27.6. The highest BCUT2D eigenvalue weighted by molar-refractivity contribution is 6.42. The number of aromatic nitrogens is 2. The Morgan fingerprint density at radius 3 is 2.20 bits per heavy atom. The van der Waals surface area contributed by atoms with Crippen molar-refractivity contribution in [3.05, 3.63) is 112 Å². The average Bonchev–Trinajstić information content (AvgIpc) is 3.42. The Labute approximate surface area is 290 Å². The van der Waals surface area contributed by atoms with Crippen molar-refractivity contribution in [2.45, 2.75) is 31.9 Å². The lowest BCUT2D eigenvalue weighted by atomic mass is 10.0. The van der Waals surface area contributed by atoms with E-state index in [0.29, 0.717) is 46.6 Å². The van der Waals surface area contributed by atoms with Crippen molar-refractivity contribution >= 4 is 45.8 Å². The number of alkyl halides is 3. The molecule has 0 aliphatic rings. The number of nitrogens with two attached hydrogens (primary N) is 1. The number of imidazole rings is 1. The molecule has 0 aliphatic heterocycles. The second-order valence-electron chi connectivity index (χ2n) is 11.3. The van der Waals surface area contributed by atoms with Crippen LogP contribution >= 0.6 is 23.2 Å². The molecule has 0 spiro atoms. The molecule has 4 aromatic carbocycles. The Morgan fingerprint density at radius 1 is 0.918 bits per heavy atom. The van der Waals surface area contributed by atoms with E-state index in [1.54, 1.807) is 24.3 Å². The highest BCUT2D eigenvalue weighted by atomic mass is 35.5. The molecule has 1 aromatic heterocycles. The van der Waals surface area contributed by atoms with Gasteiger partial charge in [0, 0.05) is 49.9 Å². The number of aliphatic hydroxyl groups is 2. The predicted octanol–water partition coefficient (Wildman–Crippen LogP) is 6.45. The highest BCUT2D eigenvalue weighted by Crippen LogP contribution is 2.31. The van der Waals surface area contributed by atoms with E-state index in [0.717, 1.165) is 27.9 Å². The smallest absolute Gasteiger partial charge is 0.406 e. The number of hydrogen-bond donors (Lipinski definition) is 4. The van der Waals surface area contributed by atoms with Crippen LogP contribution in [0.25, 0.3) is 22.4 Å². The minimum atomic E-state index is -4.80. The predicted molar refractivity (Wildman–Crippen MR) is 184 cm³/mol. The Morgan fingerprint density at radius 2 is 1.59 bits per heavy atom. The van der Waals surface area contributed by atoms with Gasteiger partial charge < -0.3 is 35.5 Å². The van der Waals surface area contributed by atoms with Gasteiger partial charge in [0.05, 0.1) is 34.3 Å². The fourth-order valence-electron chi connectivity index (χ4n) is 5.56. The van der Waals surface area contributed by atoms with Gasteiger partial charge in [0.15, 0.2) is 0 Å². The maximum Gasteiger partial charge on any atom is 0.573 e. The van der Waals surface area contributed by atoms with E-state index in [2.05, 4.69) is 10.1 Å². The van der Waals surface area contributed by atoms with E-state index in [-0.39, 0.29) is 31.9 Å². The third-order valence-corrected chi connectivity index (χ3v) is 8.58. The SMILES string of the molecule is NC(=O)CC(NCc1ccc(Cl)c(Cl)c1)c1ccc2c(c1)nc(-c1ccc(N(CCO)CCO)cc1)n2Cc1ccc(OC(F)(F)F)cc1. The van der Waals surface area contributed by atoms with Crippen molar-refractivity contribution in [2.24, 2.45) is 5.73 Å². The zero-order valence-electron chi connectivity index (χ0n) is 26.1. The molecular formula is C35H34Cl2F3N5O4. The van der Waals surface area contributed by atoms with E-state index in [1.165, 1.54) is 12.1 Å². The summed E-state index contributed by atoms with van der Waals surface area (Å²) in [6.07, 6.45) is -4.78. The van der Waals surface area contributed by atoms with Gasteiger partial charge in [-0.3, -0.25) is 4.79 Å². The molecule has 5 rings (SSSR count). The lowest BCUT2D eigenvalue weighted by molar-refractivity contribution is -0.274. The second-order valence-corrected chi connectivity index (χ2v) is 12.1. The molecule has 0 saturated carbocycles. The van der Waals surface area contributed by atoms with E-state index >= 15 is 0 Å². The van der Waals surface area contributed by atoms with Crippen LogP contribution in [0.1, 0.15) is 29.2 Å². The number of rotatable bonds is 15. The number of ether oxygens (including phenoxy) is 1. The van der Waals surface area contributed by atoms with Gasteiger partial charge in [-0.05, 0) is 77.4 Å². The molecule has 1 atom stereocenters. The fourth-order valence-corrected chi connectivity index (χ4v) is 5.88. The van der Waals surface area contributed by atoms with Crippen molar-refractivity contribution in [1.82, 2.24) is 14.9 Å². The van der Waals surface area contributed by atoms with E-state index in [1.807, 2.05) is 58.0 Å². The minimum absolute atomic E-state index is 0.0202. The van der Waals surface area contributed by atoms with Gasteiger partial charge in [-0.2, -0.15) is 0 Å². The molecule has 9 nitrogen and oxygen atoms in total. The van der Waals surface area contributed by atoms with Crippen LogP contribution in [0, 0.1) is 0 Å². The van der Waals surface area contributed by atoms with E-state index < -0.39 is 18.3 Å². The Hall–Kier alpha value is -4.33. The van der Waals surface area contributed by atoms with Crippen LogP contribution in [0.2, 0.25) is 10.0 Å². The number of primary amides is 1. The number of carbonyl (C=O) groups is 1. The summed E-state index contributed by atoms with van der Waals surface area (Å²) in [5.74, 6) is -0.218. The standard InChI is InChI=1S/C35H34Cl2F3N5O4/c36-28-11-3-23(17-29(28)37)20-42-30(19-33(41)48)25-6-12-32-31(18-25)43-34(24-4-7-26(8-5-24)44(13-15-46)14-16-47)45(32)21-22-1-9-27(10-2-22)49-35(38,39)40/h1-12,17-18,30,42,46-47H,13-16,19-21H2,(H2,41,48). The molecule has 0 aliphatic carbocycles. The number of amides is 1. The van der Waals surface area contributed by atoms with Crippen molar-refractivity contribution in [3.8, 4) is 17.1 Å². The molecule has 1 heterocycles. The van der Waals surface area contributed by atoms with Crippen LogP contribution in [0.4, 0.5) is 18.9 Å². The average molecular weight is 717 g/mol. The van der Waals surface area contributed by atoms with E-state index in [4.69, 9.17) is 33.9 Å². The summed E-state index contributed by atoms with van der Waals surface area (Å²) in [6, 6.07) is 23.6.